The third-order valence-electron chi connectivity index (χ3n) is 4.49. The number of hydrogen-bond acceptors (Lipinski definition) is 4. The molecule has 1 aliphatic heterocycles. The lowest BCUT2D eigenvalue weighted by molar-refractivity contribution is -0.130. The minimum Gasteiger partial charge on any atom is -0.497 e. The van der Waals surface area contributed by atoms with Gasteiger partial charge in [0.2, 0.25) is 0 Å². The summed E-state index contributed by atoms with van der Waals surface area (Å²) in [4.78, 5) is 38.1. The summed E-state index contributed by atoms with van der Waals surface area (Å²) in [7, 11) is 1.50. The summed E-state index contributed by atoms with van der Waals surface area (Å²) in [6.07, 6.45) is 0. The van der Waals surface area contributed by atoms with Crippen molar-refractivity contribution in [3.63, 3.8) is 0 Å². The molecule has 1 saturated heterocycles. The summed E-state index contributed by atoms with van der Waals surface area (Å²) in [5.74, 6) is -2.98. The highest BCUT2D eigenvalue weighted by Crippen LogP contribution is 2.30. The van der Waals surface area contributed by atoms with Gasteiger partial charge in [-0.2, -0.15) is 0 Å². The van der Waals surface area contributed by atoms with Gasteiger partial charge in [-0.25, -0.2) is 13.6 Å². The molecular formula is C19H16F2N2O4. The van der Waals surface area contributed by atoms with E-state index in [4.69, 9.17) is 4.74 Å². The molecule has 0 spiro atoms. The average molecular weight is 374 g/mol. The van der Waals surface area contributed by atoms with Crippen LogP contribution >= 0.6 is 0 Å². The molecule has 0 unspecified atom stereocenters. The highest BCUT2D eigenvalue weighted by Gasteiger charge is 2.49. The van der Waals surface area contributed by atoms with E-state index in [2.05, 4.69) is 5.32 Å². The van der Waals surface area contributed by atoms with Gasteiger partial charge in [-0.05, 0) is 42.8 Å². The van der Waals surface area contributed by atoms with Crippen LogP contribution < -0.4 is 10.1 Å². The van der Waals surface area contributed by atoms with E-state index in [1.165, 1.54) is 14.0 Å². The van der Waals surface area contributed by atoms with Gasteiger partial charge in [-0.3, -0.25) is 14.5 Å². The van der Waals surface area contributed by atoms with Crippen molar-refractivity contribution in [2.24, 2.45) is 0 Å². The van der Waals surface area contributed by atoms with Crippen molar-refractivity contribution in [3.05, 3.63) is 65.2 Å². The van der Waals surface area contributed by atoms with Gasteiger partial charge in [0, 0.05) is 5.56 Å². The van der Waals surface area contributed by atoms with Crippen molar-refractivity contribution in [2.45, 2.75) is 12.5 Å². The van der Waals surface area contributed by atoms with Gasteiger partial charge < -0.3 is 10.1 Å². The van der Waals surface area contributed by atoms with Gasteiger partial charge >= 0.3 is 6.03 Å². The predicted molar refractivity (Wildman–Crippen MR) is 91.3 cm³/mol. The first-order valence-electron chi connectivity index (χ1n) is 8.03. The fourth-order valence-electron chi connectivity index (χ4n) is 2.87. The number of rotatable bonds is 5. The van der Waals surface area contributed by atoms with E-state index >= 15 is 0 Å². The number of ketones is 1. The number of carbonyl (C=O) groups excluding carboxylic acids is 3. The topological polar surface area (TPSA) is 75.7 Å². The van der Waals surface area contributed by atoms with Crippen molar-refractivity contribution < 1.29 is 27.9 Å². The van der Waals surface area contributed by atoms with E-state index in [0.717, 1.165) is 23.1 Å². The van der Waals surface area contributed by atoms with Crippen molar-refractivity contribution >= 4 is 17.7 Å². The summed E-state index contributed by atoms with van der Waals surface area (Å²) >= 11 is 0. The number of urea groups is 1. The Balaban J connectivity index is 1.82. The van der Waals surface area contributed by atoms with E-state index in [-0.39, 0.29) is 5.56 Å². The summed E-state index contributed by atoms with van der Waals surface area (Å²) in [6, 6.07) is 8.48. The number of methoxy groups -OCH3 is 1. The maximum atomic E-state index is 13.3. The Labute approximate surface area is 153 Å². The van der Waals surface area contributed by atoms with Crippen molar-refractivity contribution in [1.29, 1.82) is 0 Å². The van der Waals surface area contributed by atoms with Gasteiger partial charge in [-0.1, -0.05) is 12.1 Å². The van der Waals surface area contributed by atoms with Crippen LogP contribution in [0.4, 0.5) is 13.6 Å². The van der Waals surface area contributed by atoms with Gasteiger partial charge in [-0.15, -0.1) is 0 Å². The maximum Gasteiger partial charge on any atom is 0.325 e. The third kappa shape index (κ3) is 3.25. The summed E-state index contributed by atoms with van der Waals surface area (Å²) < 4.78 is 31.4. The number of amides is 3. The Bertz CT molecular complexity index is 930. The normalized spacial score (nSPS) is 19.2. The Morgan fingerprint density at radius 1 is 1.11 bits per heavy atom. The number of Topliss-reactive ketones (excluding diaryl/α,β-unsaturated/α-hetero) is 1. The SMILES string of the molecule is COc1ccc([C@@]2(C)NC(=O)N(CC(=O)c3ccc(F)c(F)c3)C2=O)cc1. The number of halogens is 2. The highest BCUT2D eigenvalue weighted by molar-refractivity contribution is 6.11. The molecule has 8 heteroatoms. The van der Waals surface area contributed by atoms with E-state index in [0.29, 0.717) is 11.3 Å². The molecule has 2 aromatic rings. The molecule has 2 aromatic carbocycles. The number of nitrogens with one attached hydrogen (secondary N) is 1. The molecule has 3 amide bonds. The van der Waals surface area contributed by atoms with Gasteiger partial charge in [0.25, 0.3) is 5.91 Å². The molecule has 1 N–H and O–H groups in total. The minimum atomic E-state index is -1.35. The molecular weight excluding hydrogens is 358 g/mol. The lowest BCUT2D eigenvalue weighted by Crippen LogP contribution is -2.41. The molecule has 140 valence electrons. The zero-order valence-corrected chi connectivity index (χ0v) is 14.6. The van der Waals surface area contributed by atoms with Crippen LogP contribution in [0.3, 0.4) is 0 Å². The molecule has 1 aliphatic rings. The van der Waals surface area contributed by atoms with Crippen molar-refractivity contribution in [2.75, 3.05) is 13.7 Å². The third-order valence-corrected chi connectivity index (χ3v) is 4.49. The largest absolute Gasteiger partial charge is 0.497 e. The Morgan fingerprint density at radius 2 is 1.78 bits per heavy atom. The maximum absolute atomic E-state index is 13.3. The van der Waals surface area contributed by atoms with Crippen LogP contribution in [0.5, 0.6) is 5.75 Å². The summed E-state index contributed by atoms with van der Waals surface area (Å²) in [6.45, 7) is 0.943. The fourth-order valence-corrected chi connectivity index (χ4v) is 2.87. The van der Waals surface area contributed by atoms with Gasteiger partial charge in [0.15, 0.2) is 17.4 Å². The zero-order chi connectivity index (χ0) is 19.8. The van der Waals surface area contributed by atoms with E-state index in [1.54, 1.807) is 24.3 Å². The lowest BCUT2D eigenvalue weighted by atomic mass is 9.92. The van der Waals surface area contributed by atoms with Crippen molar-refractivity contribution in [3.8, 4) is 5.75 Å². The van der Waals surface area contributed by atoms with Crippen LogP contribution in [-0.4, -0.2) is 36.3 Å². The molecule has 1 atom stereocenters. The molecule has 0 radical (unpaired) electrons. The zero-order valence-electron chi connectivity index (χ0n) is 14.6. The van der Waals surface area contributed by atoms with Gasteiger partial charge in [0.1, 0.15) is 11.3 Å². The molecule has 1 heterocycles. The first-order chi connectivity index (χ1) is 12.8. The lowest BCUT2D eigenvalue weighted by Gasteiger charge is -2.22. The minimum absolute atomic E-state index is 0.132. The molecule has 6 nitrogen and oxygen atoms in total. The molecule has 1 fully saturated rings. The van der Waals surface area contributed by atoms with E-state index in [9.17, 15) is 23.2 Å². The standard InChI is InChI=1S/C19H16F2N2O4/c1-19(12-4-6-13(27-2)7-5-12)17(25)23(18(26)22-19)10-16(24)11-3-8-14(20)15(21)9-11/h3-9H,10H2,1-2H3,(H,22,26)/t19-/m1/s1. The molecule has 0 saturated carbocycles. The molecule has 0 bridgehead atoms. The van der Waals surface area contributed by atoms with Crippen LogP contribution in [0.1, 0.15) is 22.8 Å². The number of hydrogen-bond donors (Lipinski definition) is 1. The van der Waals surface area contributed by atoms with E-state index < -0.39 is 41.4 Å². The smallest absolute Gasteiger partial charge is 0.325 e. The second-order valence-electron chi connectivity index (χ2n) is 6.23. The van der Waals surface area contributed by atoms with Crippen molar-refractivity contribution in [1.82, 2.24) is 10.2 Å². The van der Waals surface area contributed by atoms with Crippen LogP contribution in [0, 0.1) is 11.6 Å². The number of carbonyl (C=O) groups is 3. The molecule has 3 rings (SSSR count). The van der Waals surface area contributed by atoms with Crippen LogP contribution in [0.15, 0.2) is 42.5 Å². The Hall–Kier alpha value is -3.29. The second-order valence-corrected chi connectivity index (χ2v) is 6.23. The van der Waals surface area contributed by atoms with Crippen LogP contribution in [0.25, 0.3) is 0 Å². The number of imide groups is 1. The van der Waals surface area contributed by atoms with Crippen LogP contribution in [-0.2, 0) is 10.3 Å². The molecule has 27 heavy (non-hydrogen) atoms. The number of nitrogens with zero attached hydrogens (tertiary/aromatic N) is 1. The monoisotopic (exact) mass is 374 g/mol. The fraction of sp³-hybridized carbons (Fsp3) is 0.211. The Kier molecular flexibility index (Phi) is 4.65. The molecule has 0 aliphatic carbocycles. The number of ether oxygens (including phenoxy) is 1. The second kappa shape index (κ2) is 6.79. The highest BCUT2D eigenvalue weighted by atomic mass is 19.2. The predicted octanol–water partition coefficient (Wildman–Crippen LogP) is 2.62. The first-order valence-corrected chi connectivity index (χ1v) is 8.03. The van der Waals surface area contributed by atoms with Crippen LogP contribution in [0.2, 0.25) is 0 Å². The Morgan fingerprint density at radius 3 is 2.37 bits per heavy atom. The molecule has 0 aromatic heterocycles. The van der Waals surface area contributed by atoms with E-state index in [1.807, 2.05) is 0 Å². The quantitative estimate of drug-likeness (QED) is 0.645. The van der Waals surface area contributed by atoms with Gasteiger partial charge in [0.05, 0.1) is 13.7 Å². The summed E-state index contributed by atoms with van der Waals surface area (Å²) in [5.41, 5.74) is -0.963. The average Bonchev–Trinajstić information content (AvgIpc) is 2.88. The number of benzene rings is 2. The summed E-state index contributed by atoms with van der Waals surface area (Å²) in [5, 5.41) is 2.57. The first kappa shape index (κ1) is 18.5.